The molecule has 0 bridgehead atoms. The Labute approximate surface area is 98.6 Å². The zero-order valence-electron chi connectivity index (χ0n) is 8.68. The molecule has 0 fully saturated rings. The molecule has 15 heavy (non-hydrogen) atoms. The van der Waals surface area contributed by atoms with Crippen LogP contribution in [0.2, 0.25) is 0 Å². The zero-order chi connectivity index (χ0) is 11.1. The van der Waals surface area contributed by atoms with Gasteiger partial charge in [0, 0.05) is 0 Å². The van der Waals surface area contributed by atoms with E-state index in [-0.39, 0.29) is 12.6 Å². The Hall–Kier alpha value is -0.718. The van der Waals surface area contributed by atoms with Gasteiger partial charge < -0.3 is 0 Å². The van der Waals surface area contributed by atoms with Crippen LogP contribution < -0.4 is 5.32 Å². The summed E-state index contributed by atoms with van der Waals surface area (Å²) in [5, 5.41) is 12.5. The summed E-state index contributed by atoms with van der Waals surface area (Å²) in [7, 11) is 0. The molecule has 80 valence electrons. The van der Waals surface area contributed by atoms with Crippen LogP contribution in [0.15, 0.2) is 42.5 Å². The van der Waals surface area contributed by atoms with Crippen molar-refractivity contribution in [1.29, 1.82) is 0 Å². The first kappa shape index (κ1) is 12.4. The van der Waals surface area contributed by atoms with Gasteiger partial charge in [0.1, 0.15) is 0 Å². The molecule has 0 unspecified atom stereocenters. The van der Waals surface area contributed by atoms with Crippen molar-refractivity contribution >= 4 is 4.50 Å². The molecule has 0 aliphatic heterocycles. The van der Waals surface area contributed by atoms with E-state index in [1.54, 1.807) is 0 Å². The van der Waals surface area contributed by atoms with Gasteiger partial charge >= 0.3 is 98.4 Å². The van der Waals surface area contributed by atoms with E-state index in [1.165, 1.54) is 0 Å². The molecule has 1 aromatic rings. The van der Waals surface area contributed by atoms with E-state index in [0.29, 0.717) is 0 Å². The van der Waals surface area contributed by atoms with Gasteiger partial charge in [-0.1, -0.05) is 0 Å². The summed E-state index contributed by atoms with van der Waals surface area (Å²) >= 11 is 2.92. The van der Waals surface area contributed by atoms with Crippen molar-refractivity contribution in [2.75, 3.05) is 6.61 Å². The minimum absolute atomic E-state index is 0.0568. The summed E-state index contributed by atoms with van der Waals surface area (Å²) in [4.78, 5) is 0. The van der Waals surface area contributed by atoms with E-state index in [2.05, 4.69) is 21.2 Å². The van der Waals surface area contributed by atoms with Crippen LogP contribution in [0, 0.1) is 0 Å². The number of aliphatic hydroxyl groups is 1. The van der Waals surface area contributed by atoms with Gasteiger partial charge in [-0.05, 0) is 0 Å². The van der Waals surface area contributed by atoms with Crippen molar-refractivity contribution < 1.29 is 21.0 Å². The number of nitrogens with one attached hydrogen (secondary N) is 1. The molecule has 0 spiro atoms. The first-order valence-corrected chi connectivity index (χ1v) is 5.50. The fraction of sp³-hybridized carbons (Fsp3) is 0.250. The van der Waals surface area contributed by atoms with E-state index in [4.69, 9.17) is 0 Å². The fourth-order valence-corrected chi connectivity index (χ4v) is 1.73. The van der Waals surface area contributed by atoms with E-state index in [0.717, 1.165) is 10.1 Å². The molecule has 0 aliphatic carbocycles. The summed E-state index contributed by atoms with van der Waals surface area (Å²) in [5.41, 5.74) is 1.08. The number of benzene rings is 1. The van der Waals surface area contributed by atoms with Gasteiger partial charge in [-0.3, -0.25) is 0 Å². The predicted octanol–water partition coefficient (Wildman–Crippen LogP) is 1.56. The summed E-state index contributed by atoms with van der Waals surface area (Å²) < 4.78 is 0.931. The van der Waals surface area contributed by atoms with E-state index >= 15 is 0 Å². The number of hydrogen-bond acceptors (Lipinski definition) is 2. The van der Waals surface area contributed by atoms with E-state index in [9.17, 15) is 5.11 Å². The first-order valence-electron chi connectivity index (χ1n) is 4.87. The normalized spacial score (nSPS) is 12.9. The third-order valence-electron chi connectivity index (χ3n) is 2.02. The van der Waals surface area contributed by atoms with Crippen molar-refractivity contribution in [3.8, 4) is 0 Å². The fourth-order valence-electron chi connectivity index (χ4n) is 1.29. The Bertz CT molecular complexity index is 335. The molecular formula is C12H15CrNO. The van der Waals surface area contributed by atoms with Crippen LogP contribution >= 0.6 is 0 Å². The molecule has 0 amide bonds. The Kier molecular flexibility index (Phi) is 5.52. The second-order valence-electron chi connectivity index (χ2n) is 3.15. The molecule has 3 heteroatoms. The van der Waals surface area contributed by atoms with Gasteiger partial charge in [-0.15, -0.1) is 0 Å². The van der Waals surface area contributed by atoms with Crippen LogP contribution in [0.1, 0.15) is 18.5 Å². The Morgan fingerprint density at radius 3 is 2.67 bits per heavy atom. The van der Waals surface area contributed by atoms with Crippen molar-refractivity contribution in [1.82, 2.24) is 5.32 Å². The van der Waals surface area contributed by atoms with Crippen LogP contribution in [0.25, 0.3) is 0 Å². The molecule has 1 rings (SSSR count). The van der Waals surface area contributed by atoms with E-state index in [1.807, 2.05) is 49.4 Å². The number of rotatable bonds is 5. The van der Waals surface area contributed by atoms with Crippen LogP contribution in [0.4, 0.5) is 0 Å². The molecular weight excluding hydrogens is 226 g/mol. The third kappa shape index (κ3) is 4.11. The molecule has 0 heterocycles. The van der Waals surface area contributed by atoms with Crippen LogP contribution in [-0.4, -0.2) is 16.2 Å². The van der Waals surface area contributed by atoms with E-state index < -0.39 is 0 Å². The summed E-state index contributed by atoms with van der Waals surface area (Å²) in [6, 6.07) is 9.84. The predicted molar refractivity (Wildman–Crippen MR) is 59.2 cm³/mol. The first-order chi connectivity index (χ1) is 7.27. The third-order valence-corrected chi connectivity index (χ3v) is 2.42. The SMILES string of the molecule is C/C=C/[C](=[Cr])N[C@H](CO)c1ccccc1. The maximum absolute atomic E-state index is 9.28. The number of allylic oxidation sites excluding steroid dienone is 1. The van der Waals surface area contributed by atoms with Crippen molar-refractivity contribution in [3.05, 3.63) is 48.0 Å². The van der Waals surface area contributed by atoms with Crippen molar-refractivity contribution in [3.63, 3.8) is 0 Å². The van der Waals surface area contributed by atoms with Crippen molar-refractivity contribution in [2.24, 2.45) is 0 Å². The van der Waals surface area contributed by atoms with Crippen LogP contribution in [0.5, 0.6) is 0 Å². The molecule has 0 aromatic heterocycles. The molecule has 0 saturated heterocycles. The summed E-state index contributed by atoms with van der Waals surface area (Å²) in [5.74, 6) is 0. The standard InChI is InChI=1S/C12H15NO.Cr/c1-2-3-9-13-12(10-14)11-7-5-4-6-8-11;/h2-8,12-14H,10H2,1H3;/b3-2+;/t12-;/m1./s1. The zero-order valence-corrected chi connectivity index (χ0v) is 9.96. The second-order valence-corrected chi connectivity index (χ2v) is 3.84. The van der Waals surface area contributed by atoms with Gasteiger partial charge in [0.2, 0.25) is 0 Å². The molecule has 1 aromatic carbocycles. The quantitative estimate of drug-likeness (QED) is 0.820. The monoisotopic (exact) mass is 241 g/mol. The molecule has 0 radical (unpaired) electrons. The molecule has 0 aliphatic rings. The topological polar surface area (TPSA) is 32.3 Å². The molecule has 2 N–H and O–H groups in total. The molecule has 0 saturated carbocycles. The second kappa shape index (κ2) is 6.71. The molecule has 2 nitrogen and oxygen atoms in total. The Morgan fingerprint density at radius 1 is 1.47 bits per heavy atom. The molecule has 1 atom stereocenters. The Morgan fingerprint density at radius 2 is 2.13 bits per heavy atom. The average Bonchev–Trinajstić information content (AvgIpc) is 2.27. The number of aliphatic hydroxyl groups excluding tert-OH is 1. The van der Waals surface area contributed by atoms with Gasteiger partial charge in [0.15, 0.2) is 0 Å². The van der Waals surface area contributed by atoms with Gasteiger partial charge in [0.25, 0.3) is 0 Å². The average molecular weight is 241 g/mol. The number of hydrogen-bond donors (Lipinski definition) is 2. The maximum atomic E-state index is 9.28. The van der Waals surface area contributed by atoms with Gasteiger partial charge in [0.05, 0.1) is 0 Å². The van der Waals surface area contributed by atoms with Gasteiger partial charge in [-0.25, -0.2) is 0 Å². The summed E-state index contributed by atoms with van der Waals surface area (Å²) in [6.07, 6.45) is 3.88. The van der Waals surface area contributed by atoms with Crippen LogP contribution in [-0.2, 0) is 15.9 Å². The van der Waals surface area contributed by atoms with Gasteiger partial charge in [-0.2, -0.15) is 0 Å². The Balaban J connectivity index is 2.69. The van der Waals surface area contributed by atoms with Crippen molar-refractivity contribution in [2.45, 2.75) is 13.0 Å². The minimum atomic E-state index is -0.0568. The van der Waals surface area contributed by atoms with Crippen LogP contribution in [0.3, 0.4) is 0 Å². The summed E-state index contributed by atoms with van der Waals surface area (Å²) in [6.45, 7) is 2.03.